The van der Waals surface area contributed by atoms with Gasteiger partial charge in [0.1, 0.15) is 11.6 Å². The van der Waals surface area contributed by atoms with Crippen LogP contribution in [-0.4, -0.2) is 11.1 Å². The van der Waals surface area contributed by atoms with Crippen LogP contribution < -0.4 is 11.1 Å². The molecule has 0 spiro atoms. The summed E-state index contributed by atoms with van der Waals surface area (Å²) in [7, 11) is 0. The fourth-order valence-electron chi connectivity index (χ4n) is 1.50. The number of hydrogen-bond donors (Lipinski definition) is 2. The molecule has 0 aliphatic heterocycles. The van der Waals surface area contributed by atoms with Crippen molar-refractivity contribution in [3.8, 4) is 0 Å². The standard InChI is InChI=1S/C12H12FN3O2/c13-11-5-8(12(14)17)1-2-9(11)6-15-7-10-3-4-16-18-10/h1-5,15H,6-7H2,(H2,14,17). The van der Waals surface area contributed by atoms with Gasteiger partial charge in [-0.1, -0.05) is 11.2 Å². The van der Waals surface area contributed by atoms with E-state index >= 15 is 0 Å². The van der Waals surface area contributed by atoms with Crippen molar-refractivity contribution in [2.24, 2.45) is 5.73 Å². The van der Waals surface area contributed by atoms with E-state index in [1.165, 1.54) is 12.1 Å². The smallest absolute Gasteiger partial charge is 0.248 e. The zero-order chi connectivity index (χ0) is 13.0. The van der Waals surface area contributed by atoms with Crippen molar-refractivity contribution >= 4 is 5.91 Å². The third-order valence-electron chi connectivity index (χ3n) is 2.44. The Morgan fingerprint density at radius 2 is 2.22 bits per heavy atom. The first kappa shape index (κ1) is 12.3. The van der Waals surface area contributed by atoms with Crippen LogP contribution in [0, 0.1) is 5.82 Å². The molecule has 18 heavy (non-hydrogen) atoms. The first-order chi connectivity index (χ1) is 8.66. The molecule has 1 heterocycles. The number of carbonyl (C=O) groups excluding carboxylic acids is 1. The molecule has 0 atom stereocenters. The quantitative estimate of drug-likeness (QED) is 0.834. The lowest BCUT2D eigenvalue weighted by Gasteiger charge is -2.05. The maximum absolute atomic E-state index is 13.6. The highest BCUT2D eigenvalue weighted by atomic mass is 19.1. The molecule has 2 aromatic rings. The van der Waals surface area contributed by atoms with Crippen LogP contribution in [0.4, 0.5) is 4.39 Å². The summed E-state index contributed by atoms with van der Waals surface area (Å²) in [5.41, 5.74) is 5.67. The number of carbonyl (C=O) groups is 1. The average molecular weight is 249 g/mol. The van der Waals surface area contributed by atoms with Crippen LogP contribution >= 0.6 is 0 Å². The van der Waals surface area contributed by atoms with Gasteiger partial charge in [-0.25, -0.2) is 4.39 Å². The van der Waals surface area contributed by atoms with Crippen LogP contribution in [0.25, 0.3) is 0 Å². The summed E-state index contributed by atoms with van der Waals surface area (Å²) in [5, 5.41) is 6.56. The Morgan fingerprint density at radius 3 is 2.83 bits per heavy atom. The molecule has 6 heteroatoms. The molecule has 0 fully saturated rings. The first-order valence-corrected chi connectivity index (χ1v) is 5.35. The van der Waals surface area contributed by atoms with E-state index in [9.17, 15) is 9.18 Å². The number of nitrogens with two attached hydrogens (primary N) is 1. The molecule has 1 aromatic carbocycles. The highest BCUT2D eigenvalue weighted by molar-refractivity contribution is 5.92. The van der Waals surface area contributed by atoms with Crippen molar-refractivity contribution in [1.82, 2.24) is 10.5 Å². The van der Waals surface area contributed by atoms with E-state index in [1.54, 1.807) is 12.3 Å². The van der Waals surface area contributed by atoms with E-state index in [2.05, 4.69) is 10.5 Å². The highest BCUT2D eigenvalue weighted by Crippen LogP contribution is 2.10. The van der Waals surface area contributed by atoms with Gasteiger partial charge in [0.15, 0.2) is 0 Å². The summed E-state index contributed by atoms with van der Waals surface area (Å²) in [6, 6.07) is 5.88. The van der Waals surface area contributed by atoms with Gasteiger partial charge in [-0.3, -0.25) is 4.79 Å². The molecule has 0 saturated carbocycles. The number of benzene rings is 1. The van der Waals surface area contributed by atoms with Gasteiger partial charge in [-0.2, -0.15) is 0 Å². The second-order valence-corrected chi connectivity index (χ2v) is 3.75. The van der Waals surface area contributed by atoms with E-state index in [4.69, 9.17) is 10.3 Å². The normalized spacial score (nSPS) is 10.5. The van der Waals surface area contributed by atoms with Crippen LogP contribution in [0.15, 0.2) is 35.0 Å². The lowest BCUT2D eigenvalue weighted by Crippen LogP contribution is -2.15. The van der Waals surface area contributed by atoms with Crippen LogP contribution in [-0.2, 0) is 13.1 Å². The van der Waals surface area contributed by atoms with Crippen molar-refractivity contribution in [1.29, 1.82) is 0 Å². The van der Waals surface area contributed by atoms with Crippen LogP contribution in [0.5, 0.6) is 0 Å². The minimum atomic E-state index is -0.643. The third kappa shape index (κ3) is 2.92. The SMILES string of the molecule is NC(=O)c1ccc(CNCc2ccno2)c(F)c1. The van der Waals surface area contributed by atoms with Gasteiger partial charge in [0, 0.05) is 23.7 Å². The Kier molecular flexibility index (Phi) is 3.69. The predicted octanol–water partition coefficient (Wildman–Crippen LogP) is 1.20. The summed E-state index contributed by atoms with van der Waals surface area (Å²) in [6.07, 6.45) is 1.54. The van der Waals surface area contributed by atoms with Crippen LogP contribution in [0.2, 0.25) is 0 Å². The lowest BCUT2D eigenvalue weighted by atomic mass is 10.1. The molecule has 0 aliphatic rings. The predicted molar refractivity (Wildman–Crippen MR) is 62.0 cm³/mol. The fourth-order valence-corrected chi connectivity index (χ4v) is 1.50. The number of halogens is 1. The molecule has 94 valence electrons. The molecular formula is C12H12FN3O2. The van der Waals surface area contributed by atoms with Gasteiger partial charge < -0.3 is 15.6 Å². The Hall–Kier alpha value is -2.21. The number of nitrogens with zero attached hydrogens (tertiary/aromatic N) is 1. The van der Waals surface area contributed by atoms with Crippen LogP contribution in [0.1, 0.15) is 21.7 Å². The summed E-state index contributed by atoms with van der Waals surface area (Å²) in [5.74, 6) is -0.435. The molecule has 1 amide bonds. The van der Waals surface area contributed by atoms with Gasteiger partial charge in [0.05, 0.1) is 12.7 Å². The second-order valence-electron chi connectivity index (χ2n) is 3.75. The maximum Gasteiger partial charge on any atom is 0.248 e. The zero-order valence-electron chi connectivity index (χ0n) is 9.52. The van der Waals surface area contributed by atoms with Crippen molar-refractivity contribution in [2.75, 3.05) is 0 Å². The lowest BCUT2D eigenvalue weighted by molar-refractivity contribution is 0.1000. The van der Waals surface area contributed by atoms with Crippen LogP contribution in [0.3, 0.4) is 0 Å². The maximum atomic E-state index is 13.6. The zero-order valence-corrected chi connectivity index (χ0v) is 9.52. The second kappa shape index (κ2) is 5.42. The van der Waals surface area contributed by atoms with Crippen molar-refractivity contribution in [3.05, 3.63) is 53.2 Å². The molecule has 0 aliphatic carbocycles. The number of nitrogens with one attached hydrogen (secondary N) is 1. The number of rotatable bonds is 5. The molecule has 2 rings (SSSR count). The van der Waals surface area contributed by atoms with E-state index < -0.39 is 11.7 Å². The molecule has 0 saturated heterocycles. The number of primary amides is 1. The molecule has 3 N–H and O–H groups in total. The van der Waals surface area contributed by atoms with Gasteiger partial charge in [0.25, 0.3) is 0 Å². The van der Waals surface area contributed by atoms with E-state index in [0.29, 0.717) is 24.4 Å². The van der Waals surface area contributed by atoms with E-state index in [0.717, 1.165) is 6.07 Å². The Morgan fingerprint density at radius 1 is 1.39 bits per heavy atom. The third-order valence-corrected chi connectivity index (χ3v) is 2.44. The topological polar surface area (TPSA) is 81.2 Å². The van der Waals surface area contributed by atoms with E-state index in [-0.39, 0.29) is 5.56 Å². The number of aromatic nitrogens is 1. The monoisotopic (exact) mass is 249 g/mol. The Bertz CT molecular complexity index is 540. The fraction of sp³-hybridized carbons (Fsp3) is 0.167. The van der Waals surface area contributed by atoms with Gasteiger partial charge >= 0.3 is 0 Å². The minimum absolute atomic E-state index is 0.159. The summed E-state index contributed by atoms with van der Waals surface area (Å²) in [4.78, 5) is 10.9. The summed E-state index contributed by atoms with van der Waals surface area (Å²) < 4.78 is 18.5. The molecule has 1 aromatic heterocycles. The largest absolute Gasteiger partial charge is 0.366 e. The summed E-state index contributed by atoms with van der Waals surface area (Å²) in [6.45, 7) is 0.780. The van der Waals surface area contributed by atoms with Gasteiger partial charge in [0.2, 0.25) is 5.91 Å². The molecule has 0 bridgehead atoms. The number of amides is 1. The van der Waals surface area contributed by atoms with Crippen molar-refractivity contribution in [3.63, 3.8) is 0 Å². The average Bonchev–Trinajstić information content (AvgIpc) is 2.84. The molecule has 0 radical (unpaired) electrons. The molecular weight excluding hydrogens is 237 g/mol. The number of hydrogen-bond acceptors (Lipinski definition) is 4. The van der Waals surface area contributed by atoms with Crippen molar-refractivity contribution in [2.45, 2.75) is 13.1 Å². The first-order valence-electron chi connectivity index (χ1n) is 5.35. The summed E-state index contributed by atoms with van der Waals surface area (Å²) >= 11 is 0. The van der Waals surface area contributed by atoms with Gasteiger partial charge in [-0.05, 0) is 12.1 Å². The minimum Gasteiger partial charge on any atom is -0.366 e. The van der Waals surface area contributed by atoms with E-state index in [1.807, 2.05) is 0 Å². The van der Waals surface area contributed by atoms with Gasteiger partial charge in [-0.15, -0.1) is 0 Å². The highest BCUT2D eigenvalue weighted by Gasteiger charge is 2.07. The molecule has 0 unspecified atom stereocenters. The Balaban J connectivity index is 1.95. The Labute approximate surface area is 103 Å². The molecule has 5 nitrogen and oxygen atoms in total. The van der Waals surface area contributed by atoms with Crippen molar-refractivity contribution < 1.29 is 13.7 Å².